The highest BCUT2D eigenvalue weighted by molar-refractivity contribution is 8.00. The molecule has 0 spiro atoms. The number of thioether (sulfide) groups is 1. The summed E-state index contributed by atoms with van der Waals surface area (Å²) in [6.07, 6.45) is -0.604. The van der Waals surface area contributed by atoms with Crippen LogP contribution >= 0.6 is 11.8 Å². The lowest BCUT2D eigenvalue weighted by Gasteiger charge is -2.33. The molecule has 0 unspecified atom stereocenters. The highest BCUT2D eigenvalue weighted by Crippen LogP contribution is 2.41. The van der Waals surface area contributed by atoms with Crippen LogP contribution in [0.3, 0.4) is 0 Å². The Balaban J connectivity index is 1.61. The lowest BCUT2D eigenvalue weighted by Crippen LogP contribution is -2.46. The second kappa shape index (κ2) is 12.0. The predicted octanol–water partition coefficient (Wildman–Crippen LogP) is 3.63. The number of rotatable bonds is 7. The molecule has 0 bridgehead atoms. The lowest BCUT2D eigenvalue weighted by molar-refractivity contribution is -0.0327. The zero-order valence-electron chi connectivity index (χ0n) is 21.4. The molecule has 0 aromatic carbocycles. The number of alkyl halides is 4. The van der Waals surface area contributed by atoms with Gasteiger partial charge >= 0.3 is 5.51 Å². The summed E-state index contributed by atoms with van der Waals surface area (Å²) >= 11 is -0.304. The molecule has 4 rings (SSSR count). The fourth-order valence-corrected chi connectivity index (χ4v) is 4.79. The summed E-state index contributed by atoms with van der Waals surface area (Å²) in [5.41, 5.74) is -4.30. The molecule has 208 valence electrons. The van der Waals surface area contributed by atoms with Gasteiger partial charge in [0.2, 0.25) is 0 Å². The van der Waals surface area contributed by atoms with Crippen LogP contribution in [0.5, 0.6) is 5.75 Å². The molecule has 1 aliphatic heterocycles. The van der Waals surface area contributed by atoms with Crippen LogP contribution in [0.1, 0.15) is 22.6 Å². The van der Waals surface area contributed by atoms with Crippen molar-refractivity contribution in [2.24, 2.45) is 0 Å². The maximum Gasteiger partial charge on any atom is 0.446 e. The molecule has 1 aliphatic rings. The number of anilines is 2. The minimum absolute atomic E-state index is 0.0191. The second-order valence-electron chi connectivity index (χ2n) is 8.73. The molecular formula is C25H27F4N7O2S. The van der Waals surface area contributed by atoms with E-state index in [9.17, 15) is 22.4 Å². The molecule has 3 aromatic heterocycles. The van der Waals surface area contributed by atoms with Gasteiger partial charge in [-0.05, 0) is 55.4 Å². The normalized spacial score (nSPS) is 17.8. The Bertz CT molecular complexity index is 1400. The first kappa shape index (κ1) is 28.3. The number of methoxy groups -OCH3 is 1. The molecular weight excluding hydrogens is 538 g/mol. The minimum atomic E-state index is -4.57. The number of nitrogens with one attached hydrogen (secondary N) is 3. The molecule has 9 nitrogen and oxygen atoms in total. The largest absolute Gasteiger partial charge is 0.493 e. The van der Waals surface area contributed by atoms with Crippen molar-refractivity contribution < 1.29 is 27.1 Å². The summed E-state index contributed by atoms with van der Waals surface area (Å²) in [5, 5.41) is 12.8. The van der Waals surface area contributed by atoms with Crippen LogP contribution in [-0.2, 0) is 0 Å². The number of halogens is 4. The third-order valence-corrected chi connectivity index (χ3v) is 6.83. The number of hydrogen-bond acceptors (Lipinski definition) is 8. The number of fused-ring (bicyclic) bond motifs is 1. The number of pyridine rings is 2. The van der Waals surface area contributed by atoms with Crippen LogP contribution in [0.2, 0.25) is 0 Å². The van der Waals surface area contributed by atoms with Crippen molar-refractivity contribution in [2.75, 3.05) is 51.5 Å². The van der Waals surface area contributed by atoms with Gasteiger partial charge in [0, 0.05) is 20.1 Å². The molecule has 0 saturated carbocycles. The number of hydrogen-bond donors (Lipinski definition) is 3. The third kappa shape index (κ3) is 6.85. The Labute approximate surface area is 226 Å². The van der Waals surface area contributed by atoms with Gasteiger partial charge in [0.25, 0.3) is 5.91 Å². The van der Waals surface area contributed by atoms with Crippen molar-refractivity contribution in [2.45, 2.75) is 29.0 Å². The fourth-order valence-electron chi connectivity index (χ4n) is 4.11. The molecule has 2 atom stereocenters. The average molecular weight is 566 g/mol. The number of amides is 1. The smallest absolute Gasteiger partial charge is 0.446 e. The Morgan fingerprint density at radius 3 is 2.77 bits per heavy atom. The SMILES string of the molecule is CNC(=O)c1ccc(OC)c(NCC#Cc2nn3c(N[C@@H]4CCN(C)C[C@@H]4F)cccc3c2SC(F)(F)F)n1. The molecule has 1 saturated heterocycles. The van der Waals surface area contributed by atoms with Gasteiger partial charge in [0.05, 0.1) is 30.1 Å². The van der Waals surface area contributed by atoms with Crippen molar-refractivity contribution in [1.29, 1.82) is 0 Å². The van der Waals surface area contributed by atoms with Gasteiger partial charge in [-0.15, -0.1) is 0 Å². The first-order valence-corrected chi connectivity index (χ1v) is 12.8. The first-order chi connectivity index (χ1) is 18.6. The summed E-state index contributed by atoms with van der Waals surface area (Å²) in [7, 11) is 4.75. The summed E-state index contributed by atoms with van der Waals surface area (Å²) < 4.78 is 61.6. The van der Waals surface area contributed by atoms with Crippen molar-refractivity contribution in [3.05, 3.63) is 41.7 Å². The van der Waals surface area contributed by atoms with Gasteiger partial charge in [-0.2, -0.15) is 18.3 Å². The predicted molar refractivity (Wildman–Crippen MR) is 141 cm³/mol. The van der Waals surface area contributed by atoms with Crippen LogP contribution in [0.4, 0.5) is 29.2 Å². The van der Waals surface area contributed by atoms with E-state index in [4.69, 9.17) is 4.74 Å². The maximum absolute atomic E-state index is 14.6. The molecule has 0 aliphatic carbocycles. The molecule has 1 amide bonds. The van der Waals surface area contributed by atoms with Gasteiger partial charge in [-0.25, -0.2) is 13.9 Å². The van der Waals surface area contributed by atoms with Crippen LogP contribution in [0.25, 0.3) is 5.52 Å². The third-order valence-electron chi connectivity index (χ3n) is 6.00. The number of carbonyl (C=O) groups excluding carboxylic acids is 1. The van der Waals surface area contributed by atoms with E-state index < -0.39 is 23.6 Å². The zero-order valence-corrected chi connectivity index (χ0v) is 22.2. The summed E-state index contributed by atoms with van der Waals surface area (Å²) in [6, 6.07) is 7.31. The highest BCUT2D eigenvalue weighted by atomic mass is 32.2. The van der Waals surface area contributed by atoms with E-state index in [0.717, 1.165) is 0 Å². The molecule has 3 aromatic rings. The van der Waals surface area contributed by atoms with E-state index in [2.05, 4.69) is 37.9 Å². The van der Waals surface area contributed by atoms with E-state index in [1.54, 1.807) is 18.2 Å². The van der Waals surface area contributed by atoms with Crippen LogP contribution in [0, 0.1) is 11.8 Å². The number of ether oxygens (including phenoxy) is 1. The highest BCUT2D eigenvalue weighted by Gasteiger charge is 2.33. The monoisotopic (exact) mass is 565 g/mol. The average Bonchev–Trinajstić information content (AvgIpc) is 3.24. The van der Waals surface area contributed by atoms with E-state index in [1.807, 2.05) is 11.9 Å². The van der Waals surface area contributed by atoms with Crippen LogP contribution in [0.15, 0.2) is 35.2 Å². The summed E-state index contributed by atoms with van der Waals surface area (Å²) in [4.78, 5) is 17.8. The van der Waals surface area contributed by atoms with Gasteiger partial charge < -0.3 is 25.6 Å². The fraction of sp³-hybridized carbons (Fsp3) is 0.400. The summed E-state index contributed by atoms with van der Waals surface area (Å²) in [5.74, 6) is 6.06. The zero-order chi connectivity index (χ0) is 28.2. The van der Waals surface area contributed by atoms with Crippen molar-refractivity contribution in [1.82, 2.24) is 24.8 Å². The van der Waals surface area contributed by atoms with Gasteiger partial charge in [0.15, 0.2) is 11.6 Å². The first-order valence-electron chi connectivity index (χ1n) is 12.0. The number of carbonyl (C=O) groups is 1. The van der Waals surface area contributed by atoms with Crippen LogP contribution in [-0.4, -0.2) is 84.0 Å². The standard InChI is InChI=1S/C25H27F4N7O2S/c1-30-24(37)18-9-10-20(38-3)23(33-18)31-12-5-6-17-22(39-25(27,28)29)19-7-4-8-21(36(19)34-17)32-16-11-13-35(2)14-15(16)26/h4,7-10,15-16,32H,11-14H2,1-3H3,(H,30,37)(H,31,33)/t15-,16+/m0/s1. The van der Waals surface area contributed by atoms with E-state index in [1.165, 1.54) is 30.8 Å². The van der Waals surface area contributed by atoms with Crippen LogP contribution < -0.4 is 20.7 Å². The maximum atomic E-state index is 14.6. The minimum Gasteiger partial charge on any atom is -0.493 e. The lowest BCUT2D eigenvalue weighted by atomic mass is 10.0. The number of nitrogens with zero attached hydrogens (tertiary/aromatic N) is 4. The Morgan fingerprint density at radius 1 is 1.28 bits per heavy atom. The molecule has 0 radical (unpaired) electrons. The molecule has 14 heteroatoms. The van der Waals surface area contributed by atoms with E-state index in [-0.39, 0.29) is 52.5 Å². The number of aromatic nitrogens is 3. The molecule has 3 N–H and O–H groups in total. The number of piperidine rings is 1. The number of likely N-dealkylation sites (tertiary alicyclic amines) is 1. The second-order valence-corrected chi connectivity index (χ2v) is 9.81. The quantitative estimate of drug-likeness (QED) is 0.227. The Kier molecular flexibility index (Phi) is 8.71. The van der Waals surface area contributed by atoms with E-state index >= 15 is 0 Å². The molecule has 1 fully saturated rings. The van der Waals surface area contributed by atoms with Crippen molar-refractivity contribution >= 4 is 34.8 Å². The topological polar surface area (TPSA) is 95.8 Å². The van der Waals surface area contributed by atoms with Gasteiger partial charge in [-0.3, -0.25) is 4.79 Å². The summed E-state index contributed by atoms with van der Waals surface area (Å²) in [6.45, 7) is 0.934. The molecule has 39 heavy (non-hydrogen) atoms. The van der Waals surface area contributed by atoms with E-state index in [0.29, 0.717) is 24.5 Å². The Morgan fingerprint density at radius 2 is 2.08 bits per heavy atom. The van der Waals surface area contributed by atoms with Gasteiger partial charge in [0.1, 0.15) is 23.4 Å². The van der Waals surface area contributed by atoms with Crippen molar-refractivity contribution in [3.8, 4) is 17.6 Å². The molecule has 4 heterocycles. The van der Waals surface area contributed by atoms with Crippen molar-refractivity contribution in [3.63, 3.8) is 0 Å². The Hall–Kier alpha value is -3.70. The van der Waals surface area contributed by atoms with Gasteiger partial charge in [-0.1, -0.05) is 12.0 Å².